The number of hydrogen-bond donors (Lipinski definition) is 0. The lowest BCUT2D eigenvalue weighted by molar-refractivity contribution is 0.597. The average Bonchev–Trinajstić information content (AvgIpc) is 2.68. The zero-order chi connectivity index (χ0) is 21.0. The molecule has 3 heteroatoms. The molecule has 0 saturated heterocycles. The number of rotatable bonds is 1. The highest BCUT2D eigenvalue weighted by molar-refractivity contribution is 6.52. The van der Waals surface area contributed by atoms with Crippen LogP contribution in [0.2, 0.25) is 6.82 Å². The summed E-state index contributed by atoms with van der Waals surface area (Å²) in [6.07, 6.45) is 0. The maximum absolute atomic E-state index is 13.9. The molecule has 3 aromatic carbocycles. The lowest BCUT2D eigenvalue weighted by Crippen LogP contribution is -2.20. The predicted molar refractivity (Wildman–Crippen MR) is 117 cm³/mol. The van der Waals surface area contributed by atoms with Gasteiger partial charge in [-0.2, -0.15) is 0 Å². The first kappa shape index (κ1) is 20.4. The van der Waals surface area contributed by atoms with E-state index in [0.717, 1.165) is 27.8 Å². The van der Waals surface area contributed by atoms with Crippen molar-refractivity contribution in [2.75, 3.05) is 0 Å². The van der Waals surface area contributed by atoms with Gasteiger partial charge >= 0.3 is 0 Å². The van der Waals surface area contributed by atoms with Crippen LogP contribution in [-0.4, -0.2) is 7.28 Å². The topological polar surface area (TPSA) is 0 Å². The van der Waals surface area contributed by atoms with Gasteiger partial charge in [-0.3, -0.25) is 0 Å². The van der Waals surface area contributed by atoms with E-state index in [1.165, 1.54) is 25.0 Å². The van der Waals surface area contributed by atoms with Crippen molar-refractivity contribution in [3.63, 3.8) is 0 Å². The molecule has 0 aliphatic rings. The highest BCUT2D eigenvalue weighted by Crippen LogP contribution is 2.15. The second-order valence-electron chi connectivity index (χ2n) is 6.99. The van der Waals surface area contributed by atoms with E-state index in [1.54, 1.807) is 6.82 Å². The number of benzene rings is 3. The van der Waals surface area contributed by atoms with Gasteiger partial charge in [0, 0.05) is 22.3 Å². The van der Waals surface area contributed by atoms with Gasteiger partial charge in [-0.05, 0) is 73.8 Å². The molecule has 1 radical (unpaired) electrons. The standard InChI is InChI=1S/C26H20BF2/c1-17-5-7-20(8-6-17)9-11-22-13-19(3)23(14-18(22)2)12-10-21-15-24(28)26(27-4)25(29)16-21/h5-8,13-16H,1-4H3. The van der Waals surface area contributed by atoms with E-state index >= 15 is 0 Å². The molecule has 29 heavy (non-hydrogen) atoms. The fraction of sp³-hybridized carbons (Fsp3) is 0.154. The highest BCUT2D eigenvalue weighted by atomic mass is 19.1. The van der Waals surface area contributed by atoms with Gasteiger partial charge in [0.15, 0.2) is 7.28 Å². The highest BCUT2D eigenvalue weighted by Gasteiger charge is 2.08. The molecule has 0 nitrogen and oxygen atoms in total. The molecule has 3 aromatic rings. The van der Waals surface area contributed by atoms with E-state index in [9.17, 15) is 8.78 Å². The zero-order valence-electron chi connectivity index (χ0n) is 17.0. The summed E-state index contributed by atoms with van der Waals surface area (Å²) >= 11 is 0. The third-order valence-corrected chi connectivity index (χ3v) is 4.67. The van der Waals surface area contributed by atoms with E-state index in [0.29, 0.717) is 5.56 Å². The summed E-state index contributed by atoms with van der Waals surface area (Å²) < 4.78 is 27.9. The van der Waals surface area contributed by atoms with Gasteiger partial charge in [0.05, 0.1) is 0 Å². The molecule has 0 atom stereocenters. The Balaban J connectivity index is 1.90. The maximum atomic E-state index is 13.9. The van der Waals surface area contributed by atoms with Crippen molar-refractivity contribution in [2.24, 2.45) is 0 Å². The minimum absolute atomic E-state index is 0.0286. The smallest absolute Gasteiger partial charge is 0.156 e. The van der Waals surface area contributed by atoms with Crippen molar-refractivity contribution in [2.45, 2.75) is 27.6 Å². The van der Waals surface area contributed by atoms with E-state index < -0.39 is 11.6 Å². The Kier molecular flexibility index (Phi) is 6.21. The quantitative estimate of drug-likeness (QED) is 0.408. The summed E-state index contributed by atoms with van der Waals surface area (Å²) in [5, 5.41) is 0. The first-order chi connectivity index (χ1) is 13.9. The Morgan fingerprint density at radius 3 is 1.62 bits per heavy atom. The summed E-state index contributed by atoms with van der Waals surface area (Å²) in [5.41, 5.74) is 6.18. The summed E-state index contributed by atoms with van der Waals surface area (Å²) in [6.45, 7) is 7.58. The normalized spacial score (nSPS) is 9.86. The van der Waals surface area contributed by atoms with Crippen molar-refractivity contribution in [3.05, 3.63) is 99.1 Å². The molecule has 0 amide bonds. The molecule has 3 rings (SSSR count). The Morgan fingerprint density at radius 1 is 0.655 bits per heavy atom. The third kappa shape index (κ3) is 4.95. The molecule has 0 aromatic heterocycles. The Hall–Kier alpha value is -3.30. The van der Waals surface area contributed by atoms with Crippen molar-refractivity contribution in [1.29, 1.82) is 0 Å². The Labute approximate surface area is 172 Å². The summed E-state index contributed by atoms with van der Waals surface area (Å²) in [5.74, 6) is 11.1. The lowest BCUT2D eigenvalue weighted by Gasteiger charge is -2.04. The molecule has 141 valence electrons. The monoisotopic (exact) mass is 381 g/mol. The summed E-state index contributed by atoms with van der Waals surface area (Å²) in [6, 6.07) is 14.6. The largest absolute Gasteiger partial charge is 0.207 e. The molecule has 0 unspecified atom stereocenters. The van der Waals surface area contributed by atoms with Crippen LogP contribution in [0.25, 0.3) is 0 Å². The first-order valence-electron chi connectivity index (χ1n) is 9.37. The predicted octanol–water partition coefficient (Wildman–Crippen LogP) is 5.07. The molecule has 0 N–H and O–H groups in total. The van der Waals surface area contributed by atoms with Crippen LogP contribution in [0, 0.1) is 56.1 Å². The van der Waals surface area contributed by atoms with Crippen LogP contribution < -0.4 is 5.46 Å². The molecule has 0 spiro atoms. The van der Waals surface area contributed by atoms with E-state index in [2.05, 4.69) is 23.7 Å². The molecule has 0 saturated carbocycles. The number of halogens is 2. The van der Waals surface area contributed by atoms with Crippen LogP contribution in [0.1, 0.15) is 38.9 Å². The molecular formula is C26H20BF2. The van der Waals surface area contributed by atoms with Gasteiger partial charge in [0.1, 0.15) is 11.6 Å². The van der Waals surface area contributed by atoms with Crippen LogP contribution in [0.4, 0.5) is 8.78 Å². The molecule has 0 aliphatic carbocycles. The first-order valence-corrected chi connectivity index (χ1v) is 9.37. The van der Waals surface area contributed by atoms with Crippen molar-refractivity contribution in [1.82, 2.24) is 0 Å². The fourth-order valence-electron chi connectivity index (χ4n) is 2.93. The van der Waals surface area contributed by atoms with Crippen LogP contribution in [0.5, 0.6) is 0 Å². The van der Waals surface area contributed by atoms with Crippen LogP contribution in [-0.2, 0) is 0 Å². The minimum atomic E-state index is -0.605. The van der Waals surface area contributed by atoms with Crippen LogP contribution in [0.15, 0.2) is 48.5 Å². The van der Waals surface area contributed by atoms with E-state index in [-0.39, 0.29) is 5.46 Å². The average molecular weight is 381 g/mol. The molecule has 0 heterocycles. The van der Waals surface area contributed by atoms with Gasteiger partial charge < -0.3 is 0 Å². The number of hydrogen-bond acceptors (Lipinski definition) is 0. The third-order valence-electron chi connectivity index (χ3n) is 4.67. The van der Waals surface area contributed by atoms with Crippen molar-refractivity contribution in [3.8, 4) is 23.7 Å². The Bertz CT molecular complexity index is 1160. The SMILES string of the molecule is C[B]c1c(F)cc(C#Cc2cc(C)c(C#Cc3ccc(C)cc3)cc2C)cc1F. The van der Waals surface area contributed by atoms with Gasteiger partial charge in [-0.25, -0.2) is 8.78 Å². The second-order valence-corrected chi connectivity index (χ2v) is 6.99. The summed E-state index contributed by atoms with van der Waals surface area (Å²) in [7, 11) is 1.41. The summed E-state index contributed by atoms with van der Waals surface area (Å²) in [4.78, 5) is 0. The fourth-order valence-corrected chi connectivity index (χ4v) is 2.93. The van der Waals surface area contributed by atoms with E-state index in [4.69, 9.17) is 0 Å². The molecular weight excluding hydrogens is 361 g/mol. The van der Waals surface area contributed by atoms with Gasteiger partial charge in [-0.1, -0.05) is 48.2 Å². The van der Waals surface area contributed by atoms with Crippen LogP contribution >= 0.6 is 0 Å². The molecule has 0 aliphatic heterocycles. The maximum Gasteiger partial charge on any atom is 0.156 e. The van der Waals surface area contributed by atoms with Crippen molar-refractivity contribution < 1.29 is 8.78 Å². The molecule has 0 bridgehead atoms. The number of aryl methyl sites for hydroxylation is 3. The van der Waals surface area contributed by atoms with E-state index in [1.807, 2.05) is 57.2 Å². The minimum Gasteiger partial charge on any atom is -0.207 e. The lowest BCUT2D eigenvalue weighted by atomic mass is 9.72. The van der Waals surface area contributed by atoms with Crippen LogP contribution in [0.3, 0.4) is 0 Å². The zero-order valence-corrected chi connectivity index (χ0v) is 17.0. The van der Waals surface area contributed by atoms with Crippen molar-refractivity contribution >= 4 is 12.7 Å². The van der Waals surface area contributed by atoms with Gasteiger partial charge in [-0.15, -0.1) is 0 Å². The molecule has 0 fully saturated rings. The van der Waals surface area contributed by atoms with Gasteiger partial charge in [0.25, 0.3) is 0 Å². The second kappa shape index (κ2) is 8.81. The van der Waals surface area contributed by atoms with Gasteiger partial charge in [0.2, 0.25) is 0 Å². The Morgan fingerprint density at radius 2 is 1.14 bits per heavy atom.